The lowest BCUT2D eigenvalue weighted by Crippen LogP contribution is -1.90. The van der Waals surface area contributed by atoms with Gasteiger partial charge in [0.05, 0.1) is 0 Å². The van der Waals surface area contributed by atoms with Crippen LogP contribution in [0.4, 0.5) is 0 Å². The lowest BCUT2D eigenvalue weighted by molar-refractivity contribution is 1.29. The summed E-state index contributed by atoms with van der Waals surface area (Å²) in [6, 6.07) is 18.5. The van der Waals surface area contributed by atoms with Crippen molar-refractivity contribution in [1.82, 2.24) is 0 Å². The third-order valence-electron chi connectivity index (χ3n) is 6.35. The Balaban J connectivity index is 1.84. The molecule has 122 valence electrons. The van der Waals surface area contributed by atoms with Crippen molar-refractivity contribution in [3.05, 3.63) is 81.9 Å². The molecule has 4 aromatic carbocycles. The van der Waals surface area contributed by atoms with Gasteiger partial charge in [0.1, 0.15) is 0 Å². The largest absolute Gasteiger partial charge is 0.0584 e. The molecular formula is C25H22. The van der Waals surface area contributed by atoms with Gasteiger partial charge in [0.2, 0.25) is 0 Å². The highest BCUT2D eigenvalue weighted by molar-refractivity contribution is 6.02. The van der Waals surface area contributed by atoms with Crippen LogP contribution in [0.15, 0.2) is 48.5 Å². The van der Waals surface area contributed by atoms with E-state index in [1.165, 1.54) is 66.1 Å². The standard InChI is InChI=1S/C25H22/c1-14-5-7-20-18(16(14)3)9-11-22-23-12-10-19-17(4)15(2)6-8-21(19)25(23)13-24(20)22/h5-12H,13H2,1-4H3. The fourth-order valence-electron chi connectivity index (χ4n) is 4.52. The summed E-state index contributed by atoms with van der Waals surface area (Å²) in [6.07, 6.45) is 1.05. The van der Waals surface area contributed by atoms with Crippen molar-refractivity contribution in [2.45, 2.75) is 34.1 Å². The summed E-state index contributed by atoms with van der Waals surface area (Å²) in [5, 5.41) is 5.66. The van der Waals surface area contributed by atoms with Crippen molar-refractivity contribution in [2.75, 3.05) is 0 Å². The molecule has 0 amide bonds. The van der Waals surface area contributed by atoms with Crippen molar-refractivity contribution >= 4 is 21.5 Å². The Bertz CT molecular complexity index is 1100. The first kappa shape index (κ1) is 14.7. The normalized spacial score (nSPS) is 12.6. The zero-order chi connectivity index (χ0) is 17.3. The maximum Gasteiger partial charge on any atom is -0.000111 e. The number of rotatable bonds is 0. The van der Waals surface area contributed by atoms with E-state index in [1.807, 2.05) is 0 Å². The summed E-state index contributed by atoms with van der Waals surface area (Å²) in [7, 11) is 0. The predicted octanol–water partition coefficient (Wildman–Crippen LogP) is 6.80. The minimum Gasteiger partial charge on any atom is -0.0584 e. The molecule has 4 aromatic rings. The van der Waals surface area contributed by atoms with Gasteiger partial charge in [-0.25, -0.2) is 0 Å². The Labute approximate surface area is 149 Å². The van der Waals surface area contributed by atoms with Crippen molar-refractivity contribution < 1.29 is 0 Å². The van der Waals surface area contributed by atoms with E-state index in [-0.39, 0.29) is 0 Å². The molecule has 0 fully saturated rings. The Morgan fingerprint density at radius 1 is 0.480 bits per heavy atom. The highest BCUT2D eigenvalue weighted by Crippen LogP contribution is 2.44. The Hall–Kier alpha value is -2.60. The summed E-state index contributed by atoms with van der Waals surface area (Å²) in [5.74, 6) is 0. The number of hydrogen-bond donors (Lipinski definition) is 0. The molecule has 0 unspecified atom stereocenters. The summed E-state index contributed by atoms with van der Waals surface area (Å²) in [5.41, 5.74) is 11.4. The van der Waals surface area contributed by atoms with Gasteiger partial charge in [-0.05, 0) is 100 Å². The maximum atomic E-state index is 2.34. The average Bonchev–Trinajstić information content (AvgIpc) is 3.00. The van der Waals surface area contributed by atoms with Gasteiger partial charge in [-0.3, -0.25) is 0 Å². The Morgan fingerprint density at radius 3 is 1.32 bits per heavy atom. The fraction of sp³-hybridized carbons (Fsp3) is 0.200. The molecule has 0 bridgehead atoms. The van der Waals surface area contributed by atoms with Crippen LogP contribution in [-0.4, -0.2) is 0 Å². The molecule has 5 rings (SSSR count). The topological polar surface area (TPSA) is 0 Å². The molecule has 0 aliphatic heterocycles. The van der Waals surface area contributed by atoms with Gasteiger partial charge >= 0.3 is 0 Å². The van der Waals surface area contributed by atoms with Crippen LogP contribution in [0.5, 0.6) is 0 Å². The zero-order valence-corrected chi connectivity index (χ0v) is 15.3. The second-order valence-electron chi connectivity index (χ2n) is 7.57. The predicted molar refractivity (Wildman–Crippen MR) is 109 cm³/mol. The monoisotopic (exact) mass is 322 g/mol. The van der Waals surface area contributed by atoms with Crippen molar-refractivity contribution in [1.29, 1.82) is 0 Å². The van der Waals surface area contributed by atoms with E-state index in [1.54, 1.807) is 0 Å². The van der Waals surface area contributed by atoms with Gasteiger partial charge in [0.15, 0.2) is 0 Å². The lowest BCUT2D eigenvalue weighted by Gasteiger charge is -2.10. The van der Waals surface area contributed by atoms with Crippen LogP contribution in [0.2, 0.25) is 0 Å². The minimum absolute atomic E-state index is 1.05. The number of hydrogen-bond acceptors (Lipinski definition) is 0. The van der Waals surface area contributed by atoms with Crippen molar-refractivity contribution in [3.8, 4) is 11.1 Å². The SMILES string of the molecule is Cc1ccc2c3c(ccc2c1C)-c1ccc2c(C)c(C)ccc2c1C3. The first-order valence-electron chi connectivity index (χ1n) is 9.10. The first-order chi connectivity index (χ1) is 12.1. The van der Waals surface area contributed by atoms with E-state index in [4.69, 9.17) is 0 Å². The van der Waals surface area contributed by atoms with Crippen LogP contribution in [0.25, 0.3) is 32.7 Å². The Kier molecular flexibility index (Phi) is 2.92. The van der Waals surface area contributed by atoms with E-state index in [0.717, 1.165) is 6.42 Å². The van der Waals surface area contributed by atoms with Crippen LogP contribution in [-0.2, 0) is 6.42 Å². The second-order valence-corrected chi connectivity index (χ2v) is 7.57. The molecule has 0 atom stereocenters. The van der Waals surface area contributed by atoms with Crippen LogP contribution in [0.3, 0.4) is 0 Å². The second kappa shape index (κ2) is 4.95. The van der Waals surface area contributed by atoms with Crippen LogP contribution in [0.1, 0.15) is 33.4 Å². The maximum absolute atomic E-state index is 2.34. The van der Waals surface area contributed by atoms with Gasteiger partial charge in [-0.15, -0.1) is 0 Å². The molecule has 1 aliphatic carbocycles. The molecule has 1 aliphatic rings. The molecule has 0 heterocycles. The van der Waals surface area contributed by atoms with Gasteiger partial charge in [0.25, 0.3) is 0 Å². The molecular weight excluding hydrogens is 300 g/mol. The molecule has 25 heavy (non-hydrogen) atoms. The van der Waals surface area contributed by atoms with Crippen molar-refractivity contribution in [3.63, 3.8) is 0 Å². The fourth-order valence-corrected chi connectivity index (χ4v) is 4.52. The number of benzene rings is 4. The molecule has 0 spiro atoms. The minimum atomic E-state index is 1.05. The van der Waals surface area contributed by atoms with Gasteiger partial charge in [-0.2, -0.15) is 0 Å². The van der Waals surface area contributed by atoms with Gasteiger partial charge in [0, 0.05) is 0 Å². The summed E-state index contributed by atoms with van der Waals surface area (Å²) >= 11 is 0. The highest BCUT2D eigenvalue weighted by atomic mass is 14.3. The van der Waals surface area contributed by atoms with Crippen LogP contribution >= 0.6 is 0 Å². The van der Waals surface area contributed by atoms with Crippen LogP contribution in [0, 0.1) is 27.7 Å². The van der Waals surface area contributed by atoms with Crippen molar-refractivity contribution in [2.24, 2.45) is 0 Å². The molecule has 0 heteroatoms. The van der Waals surface area contributed by atoms with E-state index in [2.05, 4.69) is 76.2 Å². The summed E-state index contributed by atoms with van der Waals surface area (Å²) in [4.78, 5) is 0. The van der Waals surface area contributed by atoms with Crippen LogP contribution < -0.4 is 0 Å². The highest BCUT2D eigenvalue weighted by Gasteiger charge is 2.23. The van der Waals surface area contributed by atoms with E-state index >= 15 is 0 Å². The molecule has 0 saturated heterocycles. The smallest absolute Gasteiger partial charge is 0.000111 e. The molecule has 0 radical (unpaired) electrons. The third-order valence-corrected chi connectivity index (χ3v) is 6.35. The molecule has 0 aromatic heterocycles. The van der Waals surface area contributed by atoms with E-state index in [9.17, 15) is 0 Å². The third kappa shape index (κ3) is 1.88. The van der Waals surface area contributed by atoms with Gasteiger partial charge in [-0.1, -0.05) is 48.5 Å². The summed E-state index contributed by atoms with van der Waals surface area (Å²) in [6.45, 7) is 8.89. The molecule has 0 saturated carbocycles. The number of fused-ring (bicyclic) bond motifs is 7. The first-order valence-corrected chi connectivity index (χ1v) is 9.10. The molecule has 0 N–H and O–H groups in total. The van der Waals surface area contributed by atoms with Gasteiger partial charge < -0.3 is 0 Å². The lowest BCUT2D eigenvalue weighted by atomic mass is 9.94. The molecule has 0 nitrogen and oxygen atoms in total. The van der Waals surface area contributed by atoms with E-state index < -0.39 is 0 Å². The number of aryl methyl sites for hydroxylation is 4. The average molecular weight is 322 g/mol. The van der Waals surface area contributed by atoms with E-state index in [0.29, 0.717) is 0 Å². The zero-order valence-electron chi connectivity index (χ0n) is 15.3. The Morgan fingerprint density at radius 2 is 0.880 bits per heavy atom. The summed E-state index contributed by atoms with van der Waals surface area (Å²) < 4.78 is 0. The quantitative estimate of drug-likeness (QED) is 0.294.